The van der Waals surface area contributed by atoms with Gasteiger partial charge in [0, 0.05) is 37.8 Å². The fraction of sp³-hybridized carbons (Fsp3) is 0.667. The van der Waals surface area contributed by atoms with Crippen LogP contribution in [-0.2, 0) is 11.3 Å². The molecular formula is C21H33N5O. The van der Waals surface area contributed by atoms with E-state index in [1.54, 1.807) is 0 Å². The molecule has 1 saturated heterocycles. The van der Waals surface area contributed by atoms with E-state index in [0.29, 0.717) is 12.5 Å². The van der Waals surface area contributed by atoms with E-state index in [0.717, 1.165) is 56.1 Å². The molecule has 0 aromatic carbocycles. The smallest absolute Gasteiger partial charge is 0.225 e. The molecule has 3 rings (SSSR count). The van der Waals surface area contributed by atoms with Crippen LogP contribution in [-0.4, -0.2) is 47.4 Å². The summed E-state index contributed by atoms with van der Waals surface area (Å²) in [5.74, 6) is 1.43. The van der Waals surface area contributed by atoms with Gasteiger partial charge in [-0.1, -0.05) is 25.3 Å². The van der Waals surface area contributed by atoms with E-state index >= 15 is 0 Å². The normalized spacial score (nSPS) is 21.3. The Hall–Kier alpha value is -2.11. The van der Waals surface area contributed by atoms with Crippen LogP contribution < -0.4 is 10.6 Å². The zero-order valence-corrected chi connectivity index (χ0v) is 16.7. The van der Waals surface area contributed by atoms with Crippen molar-refractivity contribution >= 4 is 11.9 Å². The van der Waals surface area contributed by atoms with Crippen molar-refractivity contribution in [2.75, 3.05) is 19.6 Å². The first kappa shape index (κ1) is 19.6. The van der Waals surface area contributed by atoms with Crippen LogP contribution in [0, 0.1) is 12.8 Å². The molecule has 2 heterocycles. The van der Waals surface area contributed by atoms with Gasteiger partial charge in [-0.3, -0.25) is 9.78 Å². The van der Waals surface area contributed by atoms with Crippen LogP contribution in [0.4, 0.5) is 0 Å². The maximum Gasteiger partial charge on any atom is 0.225 e. The van der Waals surface area contributed by atoms with Crippen molar-refractivity contribution in [1.82, 2.24) is 20.5 Å². The van der Waals surface area contributed by atoms with Gasteiger partial charge in [0.25, 0.3) is 0 Å². The number of carbonyl (C=O) groups is 1. The number of aliphatic imine (C=N–C) groups is 1. The standard InChI is InChI=1S/C21H33N5O/c1-3-22-21(24-14-19-16(2)8-7-12-23-19)25-18-11-13-26(15-18)20(27)17-9-5-4-6-10-17/h7-8,12,17-18H,3-6,9-11,13-15H2,1-2H3,(H2,22,24,25). The molecule has 1 atom stereocenters. The second-order valence-corrected chi connectivity index (χ2v) is 7.71. The number of aromatic nitrogens is 1. The number of nitrogens with one attached hydrogen (secondary N) is 2. The van der Waals surface area contributed by atoms with Crippen LogP contribution >= 0.6 is 0 Å². The third-order valence-electron chi connectivity index (χ3n) is 5.64. The van der Waals surface area contributed by atoms with Gasteiger partial charge in [-0.15, -0.1) is 0 Å². The Kier molecular flexibility index (Phi) is 7.07. The minimum absolute atomic E-state index is 0.256. The molecule has 0 spiro atoms. The molecule has 6 nitrogen and oxygen atoms in total. The first-order chi connectivity index (χ1) is 13.2. The molecule has 6 heteroatoms. The van der Waals surface area contributed by atoms with E-state index in [9.17, 15) is 4.79 Å². The summed E-state index contributed by atoms with van der Waals surface area (Å²) in [5.41, 5.74) is 2.15. The summed E-state index contributed by atoms with van der Waals surface area (Å²) in [4.78, 5) is 23.9. The topological polar surface area (TPSA) is 69.6 Å². The number of pyridine rings is 1. The number of aryl methyl sites for hydroxylation is 1. The van der Waals surface area contributed by atoms with Gasteiger partial charge >= 0.3 is 0 Å². The molecule has 148 valence electrons. The Morgan fingerprint density at radius 1 is 1.30 bits per heavy atom. The Balaban J connectivity index is 1.54. The zero-order chi connectivity index (χ0) is 19.1. The fourth-order valence-corrected chi connectivity index (χ4v) is 4.04. The lowest BCUT2D eigenvalue weighted by molar-refractivity contribution is -0.135. The number of hydrogen-bond donors (Lipinski definition) is 2. The zero-order valence-electron chi connectivity index (χ0n) is 16.7. The van der Waals surface area contributed by atoms with E-state index in [2.05, 4.69) is 40.4 Å². The van der Waals surface area contributed by atoms with Crippen LogP contribution in [0.2, 0.25) is 0 Å². The molecule has 1 aliphatic carbocycles. The molecule has 1 aliphatic heterocycles. The van der Waals surface area contributed by atoms with Gasteiger partial charge in [-0.05, 0) is 44.7 Å². The third kappa shape index (κ3) is 5.44. The molecule has 2 fully saturated rings. The molecular weight excluding hydrogens is 338 g/mol. The first-order valence-electron chi connectivity index (χ1n) is 10.4. The molecule has 0 radical (unpaired) electrons. The minimum Gasteiger partial charge on any atom is -0.357 e. The molecule has 27 heavy (non-hydrogen) atoms. The highest BCUT2D eigenvalue weighted by Gasteiger charge is 2.31. The van der Waals surface area contributed by atoms with Crippen molar-refractivity contribution in [2.24, 2.45) is 10.9 Å². The summed E-state index contributed by atoms with van der Waals surface area (Å²) >= 11 is 0. The van der Waals surface area contributed by atoms with Gasteiger partial charge in [0.05, 0.1) is 12.2 Å². The van der Waals surface area contributed by atoms with E-state index < -0.39 is 0 Å². The molecule has 2 aliphatic rings. The second-order valence-electron chi connectivity index (χ2n) is 7.71. The molecule has 1 aromatic rings. The predicted molar refractivity (Wildman–Crippen MR) is 108 cm³/mol. The molecule has 1 unspecified atom stereocenters. The van der Waals surface area contributed by atoms with E-state index in [-0.39, 0.29) is 12.0 Å². The predicted octanol–water partition coefficient (Wildman–Crippen LogP) is 2.63. The average molecular weight is 372 g/mol. The number of guanidine groups is 1. The van der Waals surface area contributed by atoms with Gasteiger partial charge in [0.15, 0.2) is 5.96 Å². The van der Waals surface area contributed by atoms with Gasteiger partial charge < -0.3 is 15.5 Å². The van der Waals surface area contributed by atoms with Crippen molar-refractivity contribution < 1.29 is 4.79 Å². The van der Waals surface area contributed by atoms with Gasteiger partial charge in [0.1, 0.15) is 0 Å². The maximum absolute atomic E-state index is 12.7. The van der Waals surface area contributed by atoms with Crippen LogP contribution in [0.25, 0.3) is 0 Å². The molecule has 1 aromatic heterocycles. The summed E-state index contributed by atoms with van der Waals surface area (Å²) in [6.45, 7) is 7.12. The summed E-state index contributed by atoms with van der Waals surface area (Å²) in [7, 11) is 0. The monoisotopic (exact) mass is 371 g/mol. The van der Waals surface area contributed by atoms with Crippen molar-refractivity contribution in [1.29, 1.82) is 0 Å². The number of nitrogens with zero attached hydrogens (tertiary/aromatic N) is 3. The van der Waals surface area contributed by atoms with Gasteiger partial charge in [-0.2, -0.15) is 0 Å². The van der Waals surface area contributed by atoms with E-state index in [1.807, 2.05) is 12.3 Å². The van der Waals surface area contributed by atoms with E-state index in [1.165, 1.54) is 19.3 Å². The minimum atomic E-state index is 0.256. The average Bonchev–Trinajstić information content (AvgIpc) is 3.16. The Morgan fingerprint density at radius 2 is 2.11 bits per heavy atom. The molecule has 1 amide bonds. The Bertz CT molecular complexity index is 654. The number of hydrogen-bond acceptors (Lipinski definition) is 3. The van der Waals surface area contributed by atoms with Crippen molar-refractivity contribution in [3.05, 3.63) is 29.6 Å². The van der Waals surface area contributed by atoms with Crippen LogP contribution in [0.15, 0.2) is 23.3 Å². The Morgan fingerprint density at radius 3 is 2.85 bits per heavy atom. The lowest BCUT2D eigenvalue weighted by atomic mass is 9.88. The quantitative estimate of drug-likeness (QED) is 0.617. The van der Waals surface area contributed by atoms with E-state index in [4.69, 9.17) is 4.99 Å². The summed E-state index contributed by atoms with van der Waals surface area (Å²) < 4.78 is 0. The third-order valence-corrected chi connectivity index (χ3v) is 5.64. The SMILES string of the molecule is CCNC(=NCc1ncccc1C)NC1CCN(C(=O)C2CCCCC2)C1. The van der Waals surface area contributed by atoms with Crippen LogP contribution in [0.3, 0.4) is 0 Å². The van der Waals surface area contributed by atoms with Gasteiger partial charge in [0.2, 0.25) is 5.91 Å². The summed E-state index contributed by atoms with van der Waals surface area (Å²) in [6, 6.07) is 4.27. The maximum atomic E-state index is 12.7. The number of rotatable bonds is 5. The largest absolute Gasteiger partial charge is 0.357 e. The fourth-order valence-electron chi connectivity index (χ4n) is 4.04. The first-order valence-corrected chi connectivity index (χ1v) is 10.4. The van der Waals surface area contributed by atoms with Crippen molar-refractivity contribution in [2.45, 2.75) is 65.0 Å². The highest BCUT2D eigenvalue weighted by atomic mass is 16.2. The van der Waals surface area contributed by atoms with Crippen molar-refractivity contribution in [3.8, 4) is 0 Å². The summed E-state index contributed by atoms with van der Waals surface area (Å²) in [5, 5.41) is 6.83. The second kappa shape index (κ2) is 9.72. The number of likely N-dealkylation sites (tertiary alicyclic amines) is 1. The molecule has 1 saturated carbocycles. The van der Waals surface area contributed by atoms with Crippen LogP contribution in [0.5, 0.6) is 0 Å². The van der Waals surface area contributed by atoms with Gasteiger partial charge in [-0.25, -0.2) is 4.99 Å². The lowest BCUT2D eigenvalue weighted by Gasteiger charge is -2.26. The Labute approximate surface area is 162 Å². The summed E-state index contributed by atoms with van der Waals surface area (Å²) in [6.07, 6.45) is 8.62. The highest BCUT2D eigenvalue weighted by molar-refractivity contribution is 5.81. The highest BCUT2D eigenvalue weighted by Crippen LogP contribution is 2.26. The molecule has 2 N–H and O–H groups in total. The van der Waals surface area contributed by atoms with Crippen LogP contribution in [0.1, 0.15) is 56.7 Å². The lowest BCUT2D eigenvalue weighted by Crippen LogP contribution is -2.45. The van der Waals surface area contributed by atoms with Crippen molar-refractivity contribution in [3.63, 3.8) is 0 Å². The number of amides is 1. The molecule has 0 bridgehead atoms. The number of carbonyl (C=O) groups excluding carboxylic acids is 1.